The molecule has 1 saturated heterocycles. The minimum absolute atomic E-state index is 0.0000895. The first kappa shape index (κ1) is 26.0. The molecule has 2 aromatic carbocycles. The van der Waals surface area contributed by atoms with Gasteiger partial charge in [-0.2, -0.15) is 4.31 Å². The number of hydrogen-bond acceptors (Lipinski definition) is 6. The third kappa shape index (κ3) is 6.49. The summed E-state index contributed by atoms with van der Waals surface area (Å²) in [6.45, 7) is 4.54. The number of carbonyl (C=O) groups excluding carboxylic acids is 2. The topological polar surface area (TPSA) is 102 Å². The van der Waals surface area contributed by atoms with Crippen LogP contribution in [0.25, 0.3) is 0 Å². The maximum Gasteiger partial charge on any atom is 0.310 e. The number of rotatable bonds is 9. The number of halogens is 1. The first-order valence-corrected chi connectivity index (χ1v) is 13.0. The molecule has 8 nitrogen and oxygen atoms in total. The van der Waals surface area contributed by atoms with Gasteiger partial charge in [0.05, 0.1) is 25.6 Å². The Kier molecular flexibility index (Phi) is 8.93. The fourth-order valence-electron chi connectivity index (χ4n) is 3.80. The summed E-state index contributed by atoms with van der Waals surface area (Å²) in [5, 5.41) is 3.14. The van der Waals surface area contributed by atoms with E-state index in [1.807, 2.05) is 0 Å². The molecule has 1 N–H and O–H groups in total. The zero-order valence-corrected chi connectivity index (χ0v) is 20.8. The van der Waals surface area contributed by atoms with Crippen LogP contribution < -0.4 is 10.1 Å². The van der Waals surface area contributed by atoms with Crippen molar-refractivity contribution >= 4 is 39.2 Å². The van der Waals surface area contributed by atoms with Crippen molar-refractivity contribution in [3.05, 3.63) is 53.1 Å². The van der Waals surface area contributed by atoms with Gasteiger partial charge in [-0.15, -0.1) is 0 Å². The van der Waals surface area contributed by atoms with Gasteiger partial charge in [0.2, 0.25) is 15.9 Å². The van der Waals surface area contributed by atoms with Gasteiger partial charge in [0.1, 0.15) is 10.6 Å². The molecule has 1 heterocycles. The third-order valence-corrected chi connectivity index (χ3v) is 7.58. The van der Waals surface area contributed by atoms with Gasteiger partial charge < -0.3 is 14.8 Å². The Morgan fingerprint density at radius 3 is 2.53 bits per heavy atom. The number of hydrogen-bond donors (Lipinski definition) is 1. The lowest BCUT2D eigenvalue weighted by Crippen LogP contribution is -2.43. The molecule has 184 valence electrons. The van der Waals surface area contributed by atoms with Crippen molar-refractivity contribution in [2.24, 2.45) is 5.92 Å². The zero-order chi connectivity index (χ0) is 24.7. The highest BCUT2D eigenvalue weighted by Crippen LogP contribution is 2.32. The number of piperidine rings is 1. The van der Waals surface area contributed by atoms with Crippen molar-refractivity contribution in [2.75, 3.05) is 31.6 Å². The van der Waals surface area contributed by atoms with E-state index in [4.69, 9.17) is 21.1 Å². The minimum atomic E-state index is -3.90. The Bertz CT molecular complexity index is 1120. The molecule has 10 heteroatoms. The summed E-state index contributed by atoms with van der Waals surface area (Å²) in [7, 11) is -3.90. The Morgan fingerprint density at radius 2 is 1.85 bits per heavy atom. The summed E-state index contributed by atoms with van der Waals surface area (Å²) in [5.41, 5.74) is 1.35. The van der Waals surface area contributed by atoms with Gasteiger partial charge in [-0.3, -0.25) is 9.59 Å². The summed E-state index contributed by atoms with van der Waals surface area (Å²) in [4.78, 5) is 24.5. The van der Waals surface area contributed by atoms with Gasteiger partial charge in [0.15, 0.2) is 0 Å². The molecule has 1 aliphatic rings. The molecule has 1 fully saturated rings. The molecular weight excluding hydrogens is 480 g/mol. The van der Waals surface area contributed by atoms with Crippen LogP contribution in [0.5, 0.6) is 5.75 Å². The minimum Gasteiger partial charge on any atom is -0.492 e. The van der Waals surface area contributed by atoms with Crippen molar-refractivity contribution in [1.82, 2.24) is 4.31 Å². The molecule has 0 aromatic heterocycles. The largest absolute Gasteiger partial charge is 0.492 e. The SMILES string of the molecule is CCOC(=O)Cc1ccc(NC(=O)[C@H]2CCCN(S(=O)(=O)c3cc(Cl)ccc3OCC)C2)cc1. The van der Waals surface area contributed by atoms with E-state index in [0.717, 1.165) is 5.56 Å². The van der Waals surface area contributed by atoms with Gasteiger partial charge in [0.25, 0.3) is 0 Å². The number of nitrogens with zero attached hydrogens (tertiary/aromatic N) is 1. The molecule has 0 saturated carbocycles. The number of amides is 1. The Labute approximate surface area is 205 Å². The van der Waals surface area contributed by atoms with Gasteiger partial charge in [-0.25, -0.2) is 8.42 Å². The lowest BCUT2D eigenvalue weighted by atomic mass is 9.98. The molecule has 34 heavy (non-hydrogen) atoms. The normalized spacial score (nSPS) is 16.6. The van der Waals surface area contributed by atoms with E-state index in [2.05, 4.69) is 5.32 Å². The summed E-state index contributed by atoms with van der Waals surface area (Å²) in [6.07, 6.45) is 1.29. The number of ether oxygens (including phenoxy) is 2. The van der Waals surface area contributed by atoms with Crippen LogP contribution in [0.3, 0.4) is 0 Å². The lowest BCUT2D eigenvalue weighted by Gasteiger charge is -2.31. The third-order valence-electron chi connectivity index (χ3n) is 5.45. The van der Waals surface area contributed by atoms with E-state index in [1.165, 1.54) is 10.4 Å². The number of benzene rings is 2. The van der Waals surface area contributed by atoms with Gasteiger partial charge in [-0.1, -0.05) is 23.7 Å². The Balaban J connectivity index is 1.68. The molecule has 0 bridgehead atoms. The highest BCUT2D eigenvalue weighted by Gasteiger charge is 2.35. The van der Waals surface area contributed by atoms with E-state index in [-0.39, 0.29) is 35.5 Å². The van der Waals surface area contributed by atoms with Gasteiger partial charge in [0, 0.05) is 23.8 Å². The van der Waals surface area contributed by atoms with Crippen molar-refractivity contribution in [1.29, 1.82) is 0 Å². The van der Waals surface area contributed by atoms with Crippen molar-refractivity contribution in [3.63, 3.8) is 0 Å². The maximum atomic E-state index is 13.4. The second-order valence-corrected chi connectivity index (χ2v) is 10.2. The van der Waals surface area contributed by atoms with Crippen LogP contribution in [-0.2, 0) is 30.8 Å². The monoisotopic (exact) mass is 508 g/mol. The second kappa shape index (κ2) is 11.7. The van der Waals surface area contributed by atoms with Crippen molar-refractivity contribution < 1.29 is 27.5 Å². The maximum absolute atomic E-state index is 13.4. The fraction of sp³-hybridized carbons (Fsp3) is 0.417. The van der Waals surface area contributed by atoms with E-state index < -0.39 is 15.9 Å². The average Bonchev–Trinajstić information content (AvgIpc) is 2.82. The van der Waals surface area contributed by atoms with Crippen LogP contribution in [0.1, 0.15) is 32.3 Å². The quantitative estimate of drug-likeness (QED) is 0.516. The first-order valence-electron chi connectivity index (χ1n) is 11.2. The van der Waals surface area contributed by atoms with Crippen molar-refractivity contribution in [3.8, 4) is 5.75 Å². The molecule has 0 aliphatic carbocycles. The fourth-order valence-corrected chi connectivity index (χ4v) is 5.72. The number of sulfonamides is 1. The zero-order valence-electron chi connectivity index (χ0n) is 19.3. The number of carbonyl (C=O) groups is 2. The average molecular weight is 509 g/mol. The van der Waals surface area contributed by atoms with E-state index in [0.29, 0.717) is 43.3 Å². The highest BCUT2D eigenvalue weighted by molar-refractivity contribution is 7.89. The molecule has 1 atom stereocenters. The van der Waals surface area contributed by atoms with Crippen LogP contribution in [-0.4, -0.2) is 50.9 Å². The van der Waals surface area contributed by atoms with Gasteiger partial charge >= 0.3 is 5.97 Å². The molecule has 1 aliphatic heterocycles. The molecule has 2 aromatic rings. The number of anilines is 1. The lowest BCUT2D eigenvalue weighted by molar-refractivity contribution is -0.142. The van der Waals surface area contributed by atoms with Gasteiger partial charge in [-0.05, 0) is 62.6 Å². The summed E-state index contributed by atoms with van der Waals surface area (Å²) in [6, 6.07) is 11.4. The smallest absolute Gasteiger partial charge is 0.310 e. The van der Waals surface area contributed by atoms with E-state index in [1.54, 1.807) is 50.2 Å². The van der Waals surface area contributed by atoms with Crippen LogP contribution >= 0.6 is 11.6 Å². The molecule has 3 rings (SSSR count). The first-order chi connectivity index (χ1) is 16.2. The number of nitrogens with one attached hydrogen (secondary N) is 1. The predicted octanol–water partition coefficient (Wildman–Crippen LogP) is 3.88. The summed E-state index contributed by atoms with van der Waals surface area (Å²) >= 11 is 6.06. The van der Waals surface area contributed by atoms with E-state index >= 15 is 0 Å². The summed E-state index contributed by atoms with van der Waals surface area (Å²) < 4.78 is 38.5. The standard InChI is InChI=1S/C24H29ClN2O6S/c1-3-32-21-12-9-19(25)15-22(21)34(30,31)27-13-5-6-18(16-27)24(29)26-20-10-7-17(8-11-20)14-23(28)33-4-2/h7-12,15,18H,3-6,13-14,16H2,1-2H3,(H,26,29)/t18-/m0/s1. The number of esters is 1. The Hall–Kier alpha value is -2.62. The molecular formula is C24H29ClN2O6S. The Morgan fingerprint density at radius 1 is 1.12 bits per heavy atom. The second-order valence-electron chi connectivity index (χ2n) is 7.89. The molecule has 0 spiro atoms. The van der Waals surface area contributed by atoms with Crippen LogP contribution in [0.15, 0.2) is 47.4 Å². The van der Waals surface area contributed by atoms with Crippen LogP contribution in [0.2, 0.25) is 5.02 Å². The summed E-state index contributed by atoms with van der Waals surface area (Å²) in [5.74, 6) is -0.831. The molecule has 0 unspecified atom stereocenters. The van der Waals surface area contributed by atoms with E-state index in [9.17, 15) is 18.0 Å². The molecule has 1 amide bonds. The van der Waals surface area contributed by atoms with Crippen molar-refractivity contribution in [2.45, 2.75) is 38.0 Å². The van der Waals surface area contributed by atoms with Crippen LogP contribution in [0, 0.1) is 5.92 Å². The van der Waals surface area contributed by atoms with Crippen LogP contribution in [0.4, 0.5) is 5.69 Å². The highest BCUT2D eigenvalue weighted by atomic mass is 35.5. The molecule has 0 radical (unpaired) electrons. The predicted molar refractivity (Wildman–Crippen MR) is 130 cm³/mol.